The zero-order valence-electron chi connectivity index (χ0n) is 11.8. The Balaban J connectivity index is 1.99. The van der Waals surface area contributed by atoms with Gasteiger partial charge in [0.15, 0.2) is 0 Å². The van der Waals surface area contributed by atoms with Crippen LogP contribution in [0.4, 0.5) is 0 Å². The van der Waals surface area contributed by atoms with E-state index in [0.29, 0.717) is 18.1 Å². The van der Waals surface area contributed by atoms with Gasteiger partial charge in [-0.1, -0.05) is 37.3 Å². The predicted octanol–water partition coefficient (Wildman–Crippen LogP) is 2.18. The maximum atomic E-state index is 12.3. The van der Waals surface area contributed by atoms with E-state index in [0.717, 1.165) is 5.56 Å². The zero-order chi connectivity index (χ0) is 14.5. The fourth-order valence-electron chi connectivity index (χ4n) is 2.24. The van der Waals surface area contributed by atoms with Crippen molar-refractivity contribution >= 4 is 23.6 Å². The molecule has 0 saturated carbocycles. The summed E-state index contributed by atoms with van der Waals surface area (Å²) >= 11 is 1.63. The van der Waals surface area contributed by atoms with Crippen molar-refractivity contribution < 1.29 is 9.59 Å². The maximum Gasteiger partial charge on any atom is 0.244 e. The highest BCUT2D eigenvalue weighted by atomic mass is 32.2. The van der Waals surface area contributed by atoms with Crippen LogP contribution >= 0.6 is 11.8 Å². The van der Waals surface area contributed by atoms with Crippen LogP contribution in [0.2, 0.25) is 0 Å². The SMILES string of the molecule is CCC(=O)N1CSCC1C(=O)NC(C)c1ccccc1. The first-order valence-electron chi connectivity index (χ1n) is 6.86. The molecule has 1 N–H and O–H groups in total. The topological polar surface area (TPSA) is 49.4 Å². The normalized spacial score (nSPS) is 19.7. The number of nitrogens with zero attached hydrogens (tertiary/aromatic N) is 1. The molecule has 1 heterocycles. The van der Waals surface area contributed by atoms with Crippen molar-refractivity contribution in [3.05, 3.63) is 35.9 Å². The van der Waals surface area contributed by atoms with Crippen molar-refractivity contribution in [3.63, 3.8) is 0 Å². The Morgan fingerprint density at radius 1 is 1.40 bits per heavy atom. The van der Waals surface area contributed by atoms with Crippen LogP contribution in [-0.2, 0) is 9.59 Å². The van der Waals surface area contributed by atoms with Crippen molar-refractivity contribution in [2.45, 2.75) is 32.4 Å². The summed E-state index contributed by atoms with van der Waals surface area (Å²) in [6, 6.07) is 9.46. The molecule has 1 saturated heterocycles. The molecule has 1 aliphatic heterocycles. The Bertz CT molecular complexity index is 478. The molecule has 2 atom stereocenters. The van der Waals surface area contributed by atoms with Gasteiger partial charge in [-0.15, -0.1) is 11.8 Å². The van der Waals surface area contributed by atoms with Gasteiger partial charge in [0.25, 0.3) is 0 Å². The molecule has 5 heteroatoms. The predicted molar refractivity (Wildman–Crippen MR) is 81.2 cm³/mol. The number of hydrogen-bond acceptors (Lipinski definition) is 3. The molecule has 108 valence electrons. The van der Waals surface area contributed by atoms with Crippen LogP contribution in [0.5, 0.6) is 0 Å². The molecule has 0 aromatic heterocycles. The molecule has 0 radical (unpaired) electrons. The first kappa shape index (κ1) is 14.9. The van der Waals surface area contributed by atoms with E-state index >= 15 is 0 Å². The Hall–Kier alpha value is -1.49. The van der Waals surface area contributed by atoms with Crippen molar-refractivity contribution in [1.29, 1.82) is 0 Å². The minimum absolute atomic E-state index is 0.0440. The smallest absolute Gasteiger partial charge is 0.244 e. The minimum atomic E-state index is -0.335. The van der Waals surface area contributed by atoms with Crippen molar-refractivity contribution in [1.82, 2.24) is 10.2 Å². The maximum absolute atomic E-state index is 12.3. The molecule has 0 bridgehead atoms. The standard InChI is InChI=1S/C15H20N2O2S/c1-3-14(18)17-10-20-9-13(17)15(19)16-11(2)12-7-5-4-6-8-12/h4-8,11,13H,3,9-10H2,1-2H3,(H,16,19). The Labute approximate surface area is 123 Å². The van der Waals surface area contributed by atoms with Crippen LogP contribution in [-0.4, -0.2) is 34.4 Å². The number of carbonyl (C=O) groups excluding carboxylic acids is 2. The minimum Gasteiger partial charge on any atom is -0.348 e. The third-order valence-electron chi connectivity index (χ3n) is 3.47. The Kier molecular flexibility index (Phi) is 5.06. The van der Waals surface area contributed by atoms with Gasteiger partial charge in [-0.05, 0) is 12.5 Å². The lowest BCUT2D eigenvalue weighted by molar-refractivity contribution is -0.138. The average molecular weight is 292 g/mol. The summed E-state index contributed by atoms with van der Waals surface area (Å²) in [6.45, 7) is 3.79. The number of hydrogen-bond donors (Lipinski definition) is 1. The van der Waals surface area contributed by atoms with Gasteiger partial charge in [0.05, 0.1) is 11.9 Å². The second-order valence-electron chi connectivity index (χ2n) is 4.87. The molecule has 2 unspecified atom stereocenters. The van der Waals surface area contributed by atoms with Gasteiger partial charge in [0.1, 0.15) is 6.04 Å². The lowest BCUT2D eigenvalue weighted by atomic mass is 10.1. The van der Waals surface area contributed by atoms with E-state index in [4.69, 9.17) is 0 Å². The van der Waals surface area contributed by atoms with E-state index in [1.165, 1.54) is 0 Å². The molecular formula is C15H20N2O2S. The van der Waals surface area contributed by atoms with Gasteiger partial charge < -0.3 is 10.2 Å². The molecule has 0 spiro atoms. The van der Waals surface area contributed by atoms with Crippen LogP contribution in [0.15, 0.2) is 30.3 Å². The first-order chi connectivity index (χ1) is 9.63. The van der Waals surface area contributed by atoms with Crippen LogP contribution in [0, 0.1) is 0 Å². The van der Waals surface area contributed by atoms with Gasteiger partial charge in [-0.2, -0.15) is 0 Å². The highest BCUT2D eigenvalue weighted by Crippen LogP contribution is 2.22. The van der Waals surface area contributed by atoms with E-state index in [9.17, 15) is 9.59 Å². The van der Waals surface area contributed by atoms with Gasteiger partial charge in [0.2, 0.25) is 11.8 Å². The third-order valence-corrected chi connectivity index (χ3v) is 4.48. The van der Waals surface area contributed by atoms with Gasteiger partial charge in [-0.3, -0.25) is 9.59 Å². The fourth-order valence-corrected chi connectivity index (χ4v) is 3.42. The van der Waals surface area contributed by atoms with Crippen molar-refractivity contribution in [3.8, 4) is 0 Å². The number of amides is 2. The average Bonchev–Trinajstić information content (AvgIpc) is 2.96. The molecular weight excluding hydrogens is 272 g/mol. The number of carbonyl (C=O) groups is 2. The van der Waals surface area contributed by atoms with E-state index in [-0.39, 0.29) is 23.9 Å². The first-order valence-corrected chi connectivity index (χ1v) is 8.01. The molecule has 1 aliphatic rings. The van der Waals surface area contributed by atoms with Gasteiger partial charge in [-0.25, -0.2) is 0 Å². The largest absolute Gasteiger partial charge is 0.348 e. The Morgan fingerprint density at radius 3 is 2.75 bits per heavy atom. The van der Waals surface area contributed by atoms with Crippen molar-refractivity contribution in [2.75, 3.05) is 11.6 Å². The molecule has 2 rings (SSSR count). The summed E-state index contributed by atoms with van der Waals surface area (Å²) in [5.74, 6) is 1.28. The summed E-state index contributed by atoms with van der Waals surface area (Å²) in [5.41, 5.74) is 1.07. The van der Waals surface area contributed by atoms with Crippen LogP contribution < -0.4 is 5.32 Å². The summed E-state index contributed by atoms with van der Waals surface area (Å²) in [5, 5.41) is 3.00. The van der Waals surface area contributed by atoms with E-state index in [1.54, 1.807) is 16.7 Å². The molecule has 4 nitrogen and oxygen atoms in total. The van der Waals surface area contributed by atoms with Crippen LogP contribution in [0.25, 0.3) is 0 Å². The summed E-state index contributed by atoms with van der Waals surface area (Å²) in [7, 11) is 0. The summed E-state index contributed by atoms with van der Waals surface area (Å²) < 4.78 is 0. The lowest BCUT2D eigenvalue weighted by Gasteiger charge is -2.24. The highest BCUT2D eigenvalue weighted by Gasteiger charge is 2.34. The zero-order valence-corrected chi connectivity index (χ0v) is 12.7. The second-order valence-corrected chi connectivity index (χ2v) is 5.87. The molecule has 2 amide bonds. The number of nitrogens with one attached hydrogen (secondary N) is 1. The monoisotopic (exact) mass is 292 g/mol. The molecule has 1 fully saturated rings. The van der Waals surface area contributed by atoms with Crippen LogP contribution in [0.1, 0.15) is 31.9 Å². The van der Waals surface area contributed by atoms with Crippen LogP contribution in [0.3, 0.4) is 0 Å². The fraction of sp³-hybridized carbons (Fsp3) is 0.467. The van der Waals surface area contributed by atoms with Gasteiger partial charge in [0, 0.05) is 12.2 Å². The van der Waals surface area contributed by atoms with E-state index in [1.807, 2.05) is 44.2 Å². The summed E-state index contributed by atoms with van der Waals surface area (Å²) in [6.07, 6.45) is 0.443. The van der Waals surface area contributed by atoms with E-state index in [2.05, 4.69) is 5.32 Å². The summed E-state index contributed by atoms with van der Waals surface area (Å²) in [4.78, 5) is 25.8. The molecule has 20 heavy (non-hydrogen) atoms. The third kappa shape index (κ3) is 3.33. The Morgan fingerprint density at radius 2 is 2.10 bits per heavy atom. The quantitative estimate of drug-likeness (QED) is 0.925. The number of benzene rings is 1. The molecule has 1 aromatic rings. The number of thioether (sulfide) groups is 1. The second kappa shape index (κ2) is 6.79. The van der Waals surface area contributed by atoms with Crippen molar-refractivity contribution in [2.24, 2.45) is 0 Å². The lowest BCUT2D eigenvalue weighted by Crippen LogP contribution is -2.47. The molecule has 1 aromatic carbocycles. The highest BCUT2D eigenvalue weighted by molar-refractivity contribution is 7.99. The number of rotatable bonds is 4. The van der Waals surface area contributed by atoms with Gasteiger partial charge >= 0.3 is 0 Å². The molecule has 0 aliphatic carbocycles. The van der Waals surface area contributed by atoms with E-state index < -0.39 is 0 Å².